The predicted octanol–water partition coefficient (Wildman–Crippen LogP) is 7.98. The van der Waals surface area contributed by atoms with Crippen molar-refractivity contribution in [2.45, 2.75) is 31.8 Å². The third-order valence-corrected chi connectivity index (χ3v) is 9.11. The Hall–Kier alpha value is -6.05. The summed E-state index contributed by atoms with van der Waals surface area (Å²) < 4.78 is 2.01. The Labute approximate surface area is 287 Å². The lowest BCUT2D eigenvalue weighted by Crippen LogP contribution is -2.56. The molecular formula is C42H38N6O. The summed E-state index contributed by atoms with van der Waals surface area (Å²) in [7, 11) is 0. The van der Waals surface area contributed by atoms with E-state index in [1.165, 1.54) is 0 Å². The molecule has 0 saturated carbocycles. The second-order valence-corrected chi connectivity index (χ2v) is 12.0. The van der Waals surface area contributed by atoms with Crippen LogP contribution in [-0.2, 0) is 18.5 Å². The second-order valence-electron chi connectivity index (χ2n) is 12.0. The van der Waals surface area contributed by atoms with Crippen molar-refractivity contribution in [1.29, 1.82) is 0 Å². The number of nitrogens with one attached hydrogen (secondary N) is 2. The summed E-state index contributed by atoms with van der Waals surface area (Å²) in [5.41, 5.74) is 14.4. The molecule has 0 spiro atoms. The maximum atomic E-state index is 12.1. The van der Waals surface area contributed by atoms with Gasteiger partial charge in [0.05, 0.1) is 5.69 Å². The number of carbonyl (C=O) groups excluding carboxylic acids is 1. The first-order valence-corrected chi connectivity index (χ1v) is 16.6. The Morgan fingerprint density at radius 2 is 1.29 bits per heavy atom. The molecule has 1 aromatic heterocycles. The molecule has 7 nitrogen and oxygen atoms in total. The molecule has 0 amide bonds. The van der Waals surface area contributed by atoms with E-state index < -0.39 is 5.54 Å². The number of hydrogen-bond donors (Lipinski definition) is 2. The summed E-state index contributed by atoms with van der Waals surface area (Å²) in [4.78, 5) is 16.7. The molecule has 49 heavy (non-hydrogen) atoms. The second kappa shape index (κ2) is 14.0. The number of aryl methyl sites for hydroxylation is 1. The number of aromatic nitrogens is 2. The molecule has 1 aliphatic rings. The van der Waals surface area contributed by atoms with E-state index in [0.29, 0.717) is 17.9 Å². The fraction of sp³-hybridized carbons (Fsp3) is 0.119. The van der Waals surface area contributed by atoms with Gasteiger partial charge in [-0.3, -0.25) is 9.80 Å². The normalized spacial score (nSPS) is 12.8. The minimum atomic E-state index is -0.773. The lowest BCUT2D eigenvalue weighted by atomic mass is 9.76. The molecule has 2 N–H and O–H groups in total. The first kappa shape index (κ1) is 31.5. The Morgan fingerprint density at radius 3 is 1.82 bits per heavy atom. The van der Waals surface area contributed by atoms with Gasteiger partial charge >= 0.3 is 0 Å². The summed E-state index contributed by atoms with van der Waals surface area (Å²) >= 11 is 0. The number of imidazole rings is 1. The van der Waals surface area contributed by atoms with E-state index in [4.69, 9.17) is 5.10 Å². The number of nitrogens with zero attached hydrogens (tertiary/aromatic N) is 4. The molecule has 242 valence electrons. The number of carbonyl (C=O) groups is 1. The standard InChI is InChI=1S/C42H38N6O/c1-3-16-40-43-38(4-2)39(30-49)47(40)29-31-25-27-32(28-26-31)36-23-14-15-24-37(36)41-44-45-46-48(41)42(33-17-8-5-9-18-33,34-19-10-6-11-20-34)35-21-12-7-13-22-35/h4-15,17-28,30,45-46H,2-3,16,29H2,1H3. The molecule has 0 fully saturated rings. The van der Waals surface area contributed by atoms with E-state index in [-0.39, 0.29) is 0 Å². The Bertz CT molecular complexity index is 1990. The summed E-state index contributed by atoms with van der Waals surface area (Å²) in [5, 5.41) is 7.02. The van der Waals surface area contributed by atoms with Crippen LogP contribution in [0.1, 0.15) is 63.2 Å². The number of benzene rings is 5. The van der Waals surface area contributed by atoms with E-state index in [9.17, 15) is 4.79 Å². The number of hydrazine groups is 2. The summed E-state index contributed by atoms with van der Waals surface area (Å²) in [6, 6.07) is 48.5. The average Bonchev–Trinajstić information content (AvgIpc) is 3.79. The summed E-state index contributed by atoms with van der Waals surface area (Å²) in [6.07, 6.45) is 4.26. The fourth-order valence-corrected chi connectivity index (χ4v) is 6.88. The molecule has 7 rings (SSSR count). The van der Waals surface area contributed by atoms with Crippen LogP contribution in [0.15, 0.2) is 151 Å². The van der Waals surface area contributed by atoms with Crippen LogP contribution in [0, 0.1) is 0 Å². The van der Waals surface area contributed by atoms with Crippen molar-refractivity contribution in [3.05, 3.63) is 191 Å². The van der Waals surface area contributed by atoms with Crippen molar-refractivity contribution in [3.63, 3.8) is 0 Å². The van der Waals surface area contributed by atoms with Gasteiger partial charge in [-0.1, -0.05) is 153 Å². The van der Waals surface area contributed by atoms with Crippen molar-refractivity contribution in [2.24, 2.45) is 5.10 Å². The molecule has 1 aliphatic heterocycles. The van der Waals surface area contributed by atoms with Gasteiger partial charge in [-0.15, -0.1) is 10.6 Å². The quantitative estimate of drug-likeness (QED) is 0.105. The molecule has 0 aliphatic carbocycles. The number of rotatable bonds is 12. The lowest BCUT2D eigenvalue weighted by molar-refractivity contribution is 0.111. The van der Waals surface area contributed by atoms with E-state index in [1.807, 2.05) is 28.8 Å². The van der Waals surface area contributed by atoms with Crippen molar-refractivity contribution in [1.82, 2.24) is 25.6 Å². The zero-order valence-corrected chi connectivity index (χ0v) is 27.5. The van der Waals surface area contributed by atoms with Crippen molar-refractivity contribution < 1.29 is 4.79 Å². The van der Waals surface area contributed by atoms with Gasteiger partial charge in [0.1, 0.15) is 17.1 Å². The molecule has 6 aromatic rings. The fourth-order valence-electron chi connectivity index (χ4n) is 6.88. The van der Waals surface area contributed by atoms with Crippen LogP contribution in [0.25, 0.3) is 17.2 Å². The molecule has 0 bridgehead atoms. The Kier molecular flexibility index (Phi) is 9.00. The van der Waals surface area contributed by atoms with Crippen LogP contribution in [-0.4, -0.2) is 26.7 Å². The Balaban J connectivity index is 1.31. The Morgan fingerprint density at radius 1 is 0.735 bits per heavy atom. The first-order chi connectivity index (χ1) is 24.2. The zero-order valence-electron chi connectivity index (χ0n) is 27.5. The monoisotopic (exact) mass is 642 g/mol. The number of hydrazone groups is 1. The van der Waals surface area contributed by atoms with Gasteiger partial charge in [0.15, 0.2) is 12.1 Å². The molecular weight excluding hydrogens is 605 g/mol. The third-order valence-electron chi connectivity index (χ3n) is 9.11. The maximum Gasteiger partial charge on any atom is 0.175 e. The molecule has 0 saturated heterocycles. The van der Waals surface area contributed by atoms with Crippen molar-refractivity contribution in [3.8, 4) is 11.1 Å². The van der Waals surface area contributed by atoms with Gasteiger partial charge in [0.2, 0.25) is 0 Å². The van der Waals surface area contributed by atoms with Crippen LogP contribution >= 0.6 is 0 Å². The highest BCUT2D eigenvalue weighted by Crippen LogP contribution is 2.43. The number of amidine groups is 1. The van der Waals surface area contributed by atoms with Crippen LogP contribution in [0.3, 0.4) is 0 Å². The smallest absolute Gasteiger partial charge is 0.175 e. The van der Waals surface area contributed by atoms with Crippen LogP contribution < -0.4 is 11.1 Å². The SMILES string of the molecule is C=Cc1nc(CCC)n(Cc2ccc(-c3ccccc3C3=NNNN3C(c3ccccc3)(c3ccccc3)c3ccccc3)cc2)c1C=O. The highest BCUT2D eigenvalue weighted by atomic mass is 16.1. The molecule has 0 radical (unpaired) electrons. The van der Waals surface area contributed by atoms with Gasteiger partial charge < -0.3 is 4.57 Å². The third kappa shape index (κ3) is 5.75. The predicted molar refractivity (Wildman–Crippen MR) is 197 cm³/mol. The topological polar surface area (TPSA) is 74.6 Å². The molecule has 7 heteroatoms. The highest BCUT2D eigenvalue weighted by Gasteiger charge is 2.46. The van der Waals surface area contributed by atoms with Gasteiger partial charge in [-0.05, 0) is 45.9 Å². The van der Waals surface area contributed by atoms with Crippen molar-refractivity contribution in [2.75, 3.05) is 0 Å². The number of hydrogen-bond acceptors (Lipinski definition) is 6. The summed E-state index contributed by atoms with van der Waals surface area (Å²) in [5.74, 6) is 1.65. The minimum absolute atomic E-state index is 0.550. The van der Waals surface area contributed by atoms with Crippen LogP contribution in [0.5, 0.6) is 0 Å². The summed E-state index contributed by atoms with van der Waals surface area (Å²) in [6.45, 7) is 6.53. The maximum absolute atomic E-state index is 12.1. The number of aldehydes is 1. The van der Waals surface area contributed by atoms with Gasteiger partial charge in [-0.2, -0.15) is 0 Å². The first-order valence-electron chi connectivity index (χ1n) is 16.6. The van der Waals surface area contributed by atoms with Gasteiger partial charge in [0.25, 0.3) is 0 Å². The average molecular weight is 643 g/mol. The van der Waals surface area contributed by atoms with Gasteiger partial charge in [0, 0.05) is 18.5 Å². The minimum Gasteiger partial charge on any atom is -0.321 e. The molecule has 0 atom stereocenters. The van der Waals surface area contributed by atoms with E-state index in [0.717, 1.165) is 69.7 Å². The van der Waals surface area contributed by atoms with E-state index in [2.05, 4.69) is 150 Å². The van der Waals surface area contributed by atoms with Crippen LogP contribution in [0.2, 0.25) is 0 Å². The van der Waals surface area contributed by atoms with Gasteiger partial charge in [-0.25, -0.2) is 10.5 Å². The van der Waals surface area contributed by atoms with E-state index in [1.54, 1.807) is 6.08 Å². The lowest BCUT2D eigenvalue weighted by Gasteiger charge is -2.44. The van der Waals surface area contributed by atoms with Crippen molar-refractivity contribution >= 4 is 18.2 Å². The molecule has 2 heterocycles. The molecule has 0 unspecified atom stereocenters. The largest absolute Gasteiger partial charge is 0.321 e. The highest BCUT2D eigenvalue weighted by molar-refractivity contribution is 6.05. The van der Waals surface area contributed by atoms with Crippen LogP contribution in [0.4, 0.5) is 0 Å². The molecule has 5 aromatic carbocycles. The zero-order chi connectivity index (χ0) is 33.6. The van der Waals surface area contributed by atoms with E-state index >= 15 is 0 Å².